The summed E-state index contributed by atoms with van der Waals surface area (Å²) < 4.78 is 8.34. The zero-order valence-electron chi connectivity index (χ0n) is 15.0. The van der Waals surface area contributed by atoms with Crippen molar-refractivity contribution in [3.63, 3.8) is 0 Å². The van der Waals surface area contributed by atoms with Crippen LogP contribution >= 0.6 is 0 Å². The van der Waals surface area contributed by atoms with Gasteiger partial charge in [0.05, 0.1) is 30.1 Å². The number of para-hydroxylation sites is 1. The van der Waals surface area contributed by atoms with Crippen molar-refractivity contribution < 1.29 is 4.74 Å². The molecule has 0 saturated heterocycles. The Balaban J connectivity index is 1.75. The van der Waals surface area contributed by atoms with Gasteiger partial charge in [0.1, 0.15) is 12.1 Å². The first kappa shape index (κ1) is 16.7. The first-order chi connectivity index (χ1) is 13.2. The van der Waals surface area contributed by atoms with Gasteiger partial charge in [0, 0.05) is 0 Å². The molecule has 0 aliphatic rings. The van der Waals surface area contributed by atoms with E-state index in [1.807, 2.05) is 61.5 Å². The minimum absolute atomic E-state index is 0.240. The molecule has 0 amide bonds. The fraction of sp³-hybridized carbons (Fsp3) is 0.100. The van der Waals surface area contributed by atoms with Crippen LogP contribution < -0.4 is 10.2 Å². The lowest BCUT2D eigenvalue weighted by Gasteiger charge is -2.03. The lowest BCUT2D eigenvalue weighted by Crippen LogP contribution is -2.18. The minimum atomic E-state index is 0.240. The highest BCUT2D eigenvalue weighted by molar-refractivity contribution is 5.80. The summed E-state index contributed by atoms with van der Waals surface area (Å²) in [6, 6.07) is 17.3. The molecule has 7 heteroatoms. The first-order valence-electron chi connectivity index (χ1n) is 8.43. The van der Waals surface area contributed by atoms with Crippen molar-refractivity contribution >= 4 is 17.2 Å². The molecule has 0 aliphatic carbocycles. The summed E-state index contributed by atoms with van der Waals surface area (Å²) in [6.07, 6.45) is 3.22. The van der Waals surface area contributed by atoms with Crippen LogP contribution in [0.4, 0.5) is 0 Å². The van der Waals surface area contributed by atoms with Crippen LogP contribution in [0.1, 0.15) is 11.3 Å². The van der Waals surface area contributed by atoms with Gasteiger partial charge in [0.25, 0.3) is 0 Å². The standard InChI is InChI=1S/C20H18N6O/c1-14-18-19(21)25(23-12-15-8-10-17(27-2)11-9-15)13-22-20(18)26(24-14)16-6-4-3-5-7-16/h3-13,21H,1-2H3/b21-19?,23-12+. The number of hydrogen-bond acceptors (Lipinski definition) is 5. The van der Waals surface area contributed by atoms with E-state index >= 15 is 0 Å². The normalized spacial score (nSPS) is 11.3. The molecule has 27 heavy (non-hydrogen) atoms. The van der Waals surface area contributed by atoms with E-state index in [-0.39, 0.29) is 5.49 Å². The van der Waals surface area contributed by atoms with Crippen molar-refractivity contribution in [2.75, 3.05) is 7.11 Å². The number of benzene rings is 2. The Morgan fingerprint density at radius 1 is 1.07 bits per heavy atom. The van der Waals surface area contributed by atoms with Crippen molar-refractivity contribution in [3.05, 3.63) is 77.7 Å². The fourth-order valence-electron chi connectivity index (χ4n) is 2.85. The van der Waals surface area contributed by atoms with Crippen LogP contribution in [0.2, 0.25) is 0 Å². The summed E-state index contributed by atoms with van der Waals surface area (Å²) in [5.41, 5.74) is 3.42. The van der Waals surface area contributed by atoms with E-state index in [4.69, 9.17) is 10.1 Å². The first-order valence-corrected chi connectivity index (χ1v) is 8.43. The number of nitrogens with one attached hydrogen (secondary N) is 1. The zero-order valence-corrected chi connectivity index (χ0v) is 15.0. The van der Waals surface area contributed by atoms with Gasteiger partial charge in [-0.25, -0.2) is 14.3 Å². The minimum Gasteiger partial charge on any atom is -0.497 e. The fourth-order valence-corrected chi connectivity index (χ4v) is 2.85. The summed E-state index contributed by atoms with van der Waals surface area (Å²) in [6.45, 7) is 1.87. The third-order valence-electron chi connectivity index (χ3n) is 4.24. The SMILES string of the molecule is COc1ccc(/C=N/n2cnc3c(c(C)nn3-c3ccccc3)c2=N)cc1. The van der Waals surface area contributed by atoms with Gasteiger partial charge in [-0.2, -0.15) is 10.2 Å². The third-order valence-corrected chi connectivity index (χ3v) is 4.24. The third kappa shape index (κ3) is 3.10. The maximum absolute atomic E-state index is 8.52. The molecule has 134 valence electrons. The van der Waals surface area contributed by atoms with Crippen molar-refractivity contribution in [3.8, 4) is 11.4 Å². The van der Waals surface area contributed by atoms with Gasteiger partial charge in [-0.3, -0.25) is 5.41 Å². The van der Waals surface area contributed by atoms with E-state index in [1.165, 1.54) is 11.0 Å². The predicted octanol–water partition coefficient (Wildman–Crippen LogP) is 2.90. The summed E-state index contributed by atoms with van der Waals surface area (Å²) in [7, 11) is 1.63. The van der Waals surface area contributed by atoms with E-state index in [0.717, 1.165) is 22.7 Å². The predicted molar refractivity (Wildman–Crippen MR) is 103 cm³/mol. The lowest BCUT2D eigenvalue weighted by molar-refractivity contribution is 0.415. The molecule has 0 fully saturated rings. The second-order valence-corrected chi connectivity index (χ2v) is 5.99. The van der Waals surface area contributed by atoms with E-state index in [9.17, 15) is 0 Å². The molecule has 0 bridgehead atoms. The van der Waals surface area contributed by atoms with Crippen LogP contribution in [0.15, 0.2) is 66.0 Å². The van der Waals surface area contributed by atoms with Gasteiger partial charge >= 0.3 is 0 Å². The van der Waals surface area contributed by atoms with Gasteiger partial charge < -0.3 is 4.74 Å². The number of fused-ring (bicyclic) bond motifs is 1. The van der Waals surface area contributed by atoms with Crippen LogP contribution in [0, 0.1) is 12.3 Å². The lowest BCUT2D eigenvalue weighted by atomic mass is 10.2. The average molecular weight is 358 g/mol. The Hall–Kier alpha value is -3.74. The van der Waals surface area contributed by atoms with E-state index in [1.54, 1.807) is 18.0 Å². The molecule has 0 atom stereocenters. The maximum atomic E-state index is 8.52. The monoisotopic (exact) mass is 358 g/mol. The Kier molecular flexibility index (Phi) is 4.25. The Labute approximate surface area is 155 Å². The molecule has 4 rings (SSSR count). The molecule has 2 heterocycles. The van der Waals surface area contributed by atoms with Crippen LogP contribution in [0.5, 0.6) is 5.75 Å². The molecule has 0 aliphatic heterocycles. The molecular formula is C20H18N6O. The van der Waals surface area contributed by atoms with Crippen LogP contribution in [0.25, 0.3) is 16.7 Å². The smallest absolute Gasteiger partial charge is 0.168 e. The van der Waals surface area contributed by atoms with Crippen LogP contribution in [-0.4, -0.2) is 32.8 Å². The number of ether oxygens (including phenoxy) is 1. The highest BCUT2D eigenvalue weighted by Crippen LogP contribution is 2.16. The number of nitrogens with zero attached hydrogens (tertiary/aromatic N) is 5. The number of hydrogen-bond donors (Lipinski definition) is 1. The zero-order chi connectivity index (χ0) is 18.8. The summed E-state index contributed by atoms with van der Waals surface area (Å²) in [5, 5.41) is 18.1. The van der Waals surface area contributed by atoms with Crippen molar-refractivity contribution in [1.29, 1.82) is 5.41 Å². The van der Waals surface area contributed by atoms with E-state index < -0.39 is 0 Å². The number of rotatable bonds is 4. The summed E-state index contributed by atoms with van der Waals surface area (Å²) in [5.74, 6) is 0.785. The number of aryl methyl sites for hydroxylation is 1. The molecular weight excluding hydrogens is 340 g/mol. The van der Waals surface area contributed by atoms with Crippen LogP contribution in [-0.2, 0) is 0 Å². The maximum Gasteiger partial charge on any atom is 0.168 e. The molecule has 7 nitrogen and oxygen atoms in total. The van der Waals surface area contributed by atoms with Crippen molar-refractivity contribution in [2.45, 2.75) is 6.92 Å². The molecule has 2 aromatic carbocycles. The summed E-state index contributed by atoms with van der Waals surface area (Å²) >= 11 is 0. The van der Waals surface area contributed by atoms with Gasteiger partial charge in [-0.05, 0) is 48.9 Å². The topological polar surface area (TPSA) is 81.1 Å². The second-order valence-electron chi connectivity index (χ2n) is 5.99. The van der Waals surface area contributed by atoms with Gasteiger partial charge in [0.2, 0.25) is 0 Å². The highest BCUT2D eigenvalue weighted by Gasteiger charge is 2.13. The molecule has 0 saturated carbocycles. The summed E-state index contributed by atoms with van der Waals surface area (Å²) in [4.78, 5) is 4.49. The van der Waals surface area contributed by atoms with Gasteiger partial charge in [-0.15, -0.1) is 0 Å². The van der Waals surface area contributed by atoms with Crippen molar-refractivity contribution in [1.82, 2.24) is 19.4 Å². The molecule has 2 aromatic heterocycles. The Morgan fingerprint density at radius 2 is 1.81 bits per heavy atom. The van der Waals surface area contributed by atoms with Crippen molar-refractivity contribution in [2.24, 2.45) is 5.10 Å². The quantitative estimate of drug-likeness (QED) is 0.570. The Morgan fingerprint density at radius 3 is 2.52 bits per heavy atom. The van der Waals surface area contributed by atoms with E-state index in [0.29, 0.717) is 11.0 Å². The molecule has 0 spiro atoms. The average Bonchev–Trinajstić information content (AvgIpc) is 3.06. The second kappa shape index (κ2) is 6.87. The molecule has 4 aromatic rings. The van der Waals surface area contributed by atoms with Crippen LogP contribution in [0.3, 0.4) is 0 Å². The number of aromatic nitrogens is 4. The highest BCUT2D eigenvalue weighted by atomic mass is 16.5. The van der Waals surface area contributed by atoms with Gasteiger partial charge in [-0.1, -0.05) is 18.2 Å². The molecule has 1 N–H and O–H groups in total. The molecule has 0 radical (unpaired) electrons. The molecule has 0 unspecified atom stereocenters. The largest absolute Gasteiger partial charge is 0.497 e. The van der Waals surface area contributed by atoms with Gasteiger partial charge in [0.15, 0.2) is 11.1 Å². The van der Waals surface area contributed by atoms with E-state index in [2.05, 4.69) is 15.2 Å². The Bertz CT molecular complexity index is 1170. The number of methoxy groups -OCH3 is 1.